The maximum Gasteiger partial charge on any atom is 0.224 e. The van der Waals surface area contributed by atoms with E-state index in [1.165, 1.54) is 0 Å². The highest BCUT2D eigenvalue weighted by Gasteiger charge is 2.01. The molecule has 0 unspecified atom stereocenters. The molecule has 0 saturated carbocycles. The Morgan fingerprint density at radius 2 is 1.88 bits per heavy atom. The molecule has 5 heteroatoms. The molecule has 0 aliphatic carbocycles. The smallest absolute Gasteiger partial charge is 0.224 e. The quantitative estimate of drug-likeness (QED) is 0.788. The lowest BCUT2D eigenvalue weighted by atomic mass is 10.1. The number of hydrogen-bond donors (Lipinski definition) is 2. The van der Waals surface area contributed by atoms with Gasteiger partial charge in [-0.05, 0) is 37.7 Å². The van der Waals surface area contributed by atoms with Crippen molar-refractivity contribution in [3.05, 3.63) is 34.3 Å². The predicted octanol–water partition coefficient (Wildman–Crippen LogP) is 2.14. The zero-order valence-corrected chi connectivity index (χ0v) is 12.2. The van der Waals surface area contributed by atoms with Crippen molar-refractivity contribution in [1.29, 1.82) is 0 Å². The minimum atomic E-state index is 0. The second-order valence-corrected chi connectivity index (χ2v) is 4.53. The van der Waals surface area contributed by atoms with Crippen molar-refractivity contribution in [2.75, 3.05) is 20.1 Å². The first kappa shape index (κ1) is 16.4. The summed E-state index contributed by atoms with van der Waals surface area (Å²) in [5.74, 6) is 0.0819. The Kier molecular flexibility index (Phi) is 9.13. The maximum atomic E-state index is 11.5. The van der Waals surface area contributed by atoms with E-state index in [0.29, 0.717) is 6.42 Å². The van der Waals surface area contributed by atoms with Crippen LogP contribution in [0, 0.1) is 0 Å². The number of rotatable bonds is 6. The van der Waals surface area contributed by atoms with Crippen LogP contribution in [-0.4, -0.2) is 26.0 Å². The third kappa shape index (κ3) is 7.36. The summed E-state index contributed by atoms with van der Waals surface area (Å²) in [6.45, 7) is 1.66. The number of halogens is 2. The highest BCUT2D eigenvalue weighted by atomic mass is 79.9. The predicted molar refractivity (Wildman–Crippen MR) is 76.6 cm³/mol. The fraction of sp³-hybridized carbons (Fsp3) is 0.417. The summed E-state index contributed by atoms with van der Waals surface area (Å²) in [7, 11) is 1.91. The highest BCUT2D eigenvalue weighted by molar-refractivity contribution is 9.10. The Labute approximate surface area is 117 Å². The fourth-order valence-electron chi connectivity index (χ4n) is 1.34. The molecule has 0 atom stereocenters. The first-order valence-corrected chi connectivity index (χ1v) is 6.17. The van der Waals surface area contributed by atoms with Crippen LogP contribution in [0.2, 0.25) is 0 Å². The molecule has 0 aromatic heterocycles. The van der Waals surface area contributed by atoms with E-state index in [-0.39, 0.29) is 18.3 Å². The maximum absolute atomic E-state index is 11.5. The van der Waals surface area contributed by atoms with Crippen molar-refractivity contribution in [3.8, 4) is 0 Å². The van der Waals surface area contributed by atoms with E-state index in [1.807, 2.05) is 31.3 Å². The van der Waals surface area contributed by atoms with E-state index in [0.717, 1.165) is 29.5 Å². The first-order valence-electron chi connectivity index (χ1n) is 5.38. The van der Waals surface area contributed by atoms with Crippen LogP contribution in [0.4, 0.5) is 0 Å². The number of hydrogen-bond acceptors (Lipinski definition) is 2. The van der Waals surface area contributed by atoms with Gasteiger partial charge in [-0.15, -0.1) is 12.4 Å². The minimum Gasteiger partial charge on any atom is -0.356 e. The van der Waals surface area contributed by atoms with Crippen molar-refractivity contribution in [1.82, 2.24) is 10.6 Å². The Morgan fingerprint density at radius 1 is 1.24 bits per heavy atom. The second-order valence-electron chi connectivity index (χ2n) is 3.61. The number of amides is 1. The van der Waals surface area contributed by atoms with E-state index in [1.54, 1.807) is 0 Å². The summed E-state index contributed by atoms with van der Waals surface area (Å²) in [6.07, 6.45) is 1.41. The van der Waals surface area contributed by atoms with Gasteiger partial charge in [0, 0.05) is 11.0 Å². The van der Waals surface area contributed by atoms with Crippen LogP contribution < -0.4 is 10.6 Å². The highest BCUT2D eigenvalue weighted by Crippen LogP contribution is 2.10. The average molecular weight is 322 g/mol. The van der Waals surface area contributed by atoms with Gasteiger partial charge in [0.2, 0.25) is 5.91 Å². The molecule has 0 bridgehead atoms. The Morgan fingerprint density at radius 3 is 2.47 bits per heavy atom. The van der Waals surface area contributed by atoms with Gasteiger partial charge in [0.15, 0.2) is 0 Å². The van der Waals surface area contributed by atoms with Crippen molar-refractivity contribution in [2.45, 2.75) is 12.8 Å². The van der Waals surface area contributed by atoms with Gasteiger partial charge in [-0.25, -0.2) is 0 Å². The molecule has 1 aromatic rings. The molecule has 17 heavy (non-hydrogen) atoms. The summed E-state index contributed by atoms with van der Waals surface area (Å²) in [5, 5.41) is 5.93. The van der Waals surface area contributed by atoms with Gasteiger partial charge in [0.05, 0.1) is 6.42 Å². The van der Waals surface area contributed by atoms with Crippen molar-refractivity contribution >= 4 is 34.2 Å². The summed E-state index contributed by atoms with van der Waals surface area (Å²) in [6, 6.07) is 7.81. The first-order chi connectivity index (χ1) is 7.72. The van der Waals surface area contributed by atoms with Crippen LogP contribution in [-0.2, 0) is 11.2 Å². The second kappa shape index (κ2) is 9.45. The Balaban J connectivity index is 0.00000256. The molecule has 1 aromatic carbocycles. The van der Waals surface area contributed by atoms with Crippen LogP contribution in [0.1, 0.15) is 12.0 Å². The molecule has 0 aliphatic rings. The molecule has 1 amide bonds. The van der Waals surface area contributed by atoms with Crippen molar-refractivity contribution in [3.63, 3.8) is 0 Å². The van der Waals surface area contributed by atoms with Crippen LogP contribution in [0.25, 0.3) is 0 Å². The molecule has 2 N–H and O–H groups in total. The monoisotopic (exact) mass is 320 g/mol. The number of nitrogens with one attached hydrogen (secondary N) is 2. The molecular formula is C12H18BrClN2O. The molecule has 0 aliphatic heterocycles. The molecular weight excluding hydrogens is 304 g/mol. The van der Waals surface area contributed by atoms with Gasteiger partial charge in [0.25, 0.3) is 0 Å². The van der Waals surface area contributed by atoms with Crippen molar-refractivity contribution < 1.29 is 4.79 Å². The lowest BCUT2D eigenvalue weighted by molar-refractivity contribution is -0.120. The molecule has 0 spiro atoms. The van der Waals surface area contributed by atoms with Crippen LogP contribution >= 0.6 is 28.3 Å². The van der Waals surface area contributed by atoms with Gasteiger partial charge in [-0.1, -0.05) is 28.1 Å². The number of carbonyl (C=O) groups excluding carboxylic acids is 1. The SMILES string of the molecule is CNCCCNC(=O)Cc1ccc(Br)cc1.Cl. The summed E-state index contributed by atoms with van der Waals surface area (Å²) < 4.78 is 1.03. The molecule has 0 radical (unpaired) electrons. The lowest BCUT2D eigenvalue weighted by Crippen LogP contribution is -2.27. The van der Waals surface area contributed by atoms with E-state index in [2.05, 4.69) is 26.6 Å². The van der Waals surface area contributed by atoms with E-state index in [9.17, 15) is 4.79 Å². The number of carbonyl (C=O) groups is 1. The summed E-state index contributed by atoms with van der Waals surface area (Å²) in [5.41, 5.74) is 1.04. The zero-order valence-electron chi connectivity index (χ0n) is 9.83. The third-order valence-electron chi connectivity index (χ3n) is 2.20. The van der Waals surface area contributed by atoms with Crippen LogP contribution in [0.3, 0.4) is 0 Å². The van der Waals surface area contributed by atoms with Crippen molar-refractivity contribution in [2.24, 2.45) is 0 Å². The van der Waals surface area contributed by atoms with Crippen LogP contribution in [0.15, 0.2) is 28.7 Å². The van der Waals surface area contributed by atoms with Gasteiger partial charge in [0.1, 0.15) is 0 Å². The topological polar surface area (TPSA) is 41.1 Å². The molecule has 0 fully saturated rings. The normalized spacial score (nSPS) is 9.53. The van der Waals surface area contributed by atoms with E-state index in [4.69, 9.17) is 0 Å². The van der Waals surface area contributed by atoms with Gasteiger partial charge in [-0.3, -0.25) is 4.79 Å². The number of benzene rings is 1. The molecule has 0 heterocycles. The van der Waals surface area contributed by atoms with Gasteiger partial charge >= 0.3 is 0 Å². The molecule has 1 rings (SSSR count). The van der Waals surface area contributed by atoms with Gasteiger partial charge in [-0.2, -0.15) is 0 Å². The lowest BCUT2D eigenvalue weighted by Gasteiger charge is -2.05. The molecule has 0 saturated heterocycles. The largest absolute Gasteiger partial charge is 0.356 e. The Bertz CT molecular complexity index is 330. The average Bonchev–Trinajstić information content (AvgIpc) is 2.28. The standard InChI is InChI=1S/C12H17BrN2O.ClH/c1-14-7-2-8-15-12(16)9-10-3-5-11(13)6-4-10;/h3-6,14H,2,7-9H2,1H3,(H,15,16);1H. The summed E-state index contributed by atoms with van der Waals surface area (Å²) in [4.78, 5) is 11.5. The zero-order chi connectivity index (χ0) is 11.8. The minimum absolute atomic E-state index is 0. The van der Waals surface area contributed by atoms with Crippen LogP contribution in [0.5, 0.6) is 0 Å². The molecule has 3 nitrogen and oxygen atoms in total. The Hall–Kier alpha value is -0.580. The van der Waals surface area contributed by atoms with E-state index < -0.39 is 0 Å². The molecule has 96 valence electrons. The summed E-state index contributed by atoms with van der Waals surface area (Å²) >= 11 is 3.36. The van der Waals surface area contributed by atoms with E-state index >= 15 is 0 Å². The van der Waals surface area contributed by atoms with Gasteiger partial charge < -0.3 is 10.6 Å². The fourth-order valence-corrected chi connectivity index (χ4v) is 1.61. The third-order valence-corrected chi connectivity index (χ3v) is 2.73.